The molecule has 1 saturated heterocycles. The molecule has 6 rings (SSSR count). The molecule has 42 heavy (non-hydrogen) atoms. The number of fused-ring (bicyclic) bond motifs is 2. The molecule has 2 aliphatic rings. The number of hydrogen-bond donors (Lipinski definition) is 1. The average Bonchev–Trinajstić information content (AvgIpc) is 3.56. The van der Waals surface area contributed by atoms with Crippen LogP contribution in [0.4, 0.5) is 5.69 Å². The van der Waals surface area contributed by atoms with Gasteiger partial charge in [0.2, 0.25) is 0 Å². The summed E-state index contributed by atoms with van der Waals surface area (Å²) in [5.74, 6) is 0.471. The van der Waals surface area contributed by atoms with E-state index in [9.17, 15) is 9.59 Å². The Labute approximate surface area is 247 Å². The maximum atomic E-state index is 14.1. The molecule has 7 heteroatoms. The highest BCUT2D eigenvalue weighted by molar-refractivity contribution is 6.07. The van der Waals surface area contributed by atoms with Crippen molar-refractivity contribution in [2.75, 3.05) is 32.1 Å². The lowest BCUT2D eigenvalue weighted by Gasteiger charge is -2.23. The number of carbonyl (C=O) groups excluding carboxylic acids is 2. The molecule has 1 unspecified atom stereocenters. The molecule has 0 bridgehead atoms. The Balaban J connectivity index is 1.27. The van der Waals surface area contributed by atoms with Gasteiger partial charge >= 0.3 is 0 Å². The van der Waals surface area contributed by atoms with Crippen LogP contribution in [0.3, 0.4) is 0 Å². The minimum absolute atomic E-state index is 0.0734. The van der Waals surface area contributed by atoms with Gasteiger partial charge in [0.1, 0.15) is 11.4 Å². The number of hydrogen-bond acceptors (Lipinski definition) is 4. The molecule has 216 valence electrons. The van der Waals surface area contributed by atoms with Crippen LogP contribution in [-0.4, -0.2) is 54.6 Å². The van der Waals surface area contributed by atoms with Gasteiger partial charge in [-0.15, -0.1) is 0 Å². The Hall–Kier alpha value is -4.36. The van der Waals surface area contributed by atoms with Crippen molar-refractivity contribution in [3.05, 3.63) is 107 Å². The zero-order valence-electron chi connectivity index (χ0n) is 24.6. The number of benzene rings is 3. The van der Waals surface area contributed by atoms with Crippen molar-refractivity contribution in [1.29, 1.82) is 0 Å². The van der Waals surface area contributed by atoms with E-state index in [2.05, 4.69) is 36.3 Å². The standard InChI is InChI=1S/C35H38N4O3/c1-24-9-4-6-12-29(24)30-16-14-25(21-33(30)42-3)35(41)39-23-28-15-17-32(38(28)22-26-10-5-7-13-31(26)39)34(40)36-19-18-27-11-8-20-37(27)2/h4-7,9-10,12-17,21,27H,8,11,18-20,22-23H2,1-3H3,(H,36,40). The minimum atomic E-state index is -0.113. The van der Waals surface area contributed by atoms with Crippen LogP contribution in [0.25, 0.3) is 11.1 Å². The highest BCUT2D eigenvalue weighted by Gasteiger charge is 2.28. The highest BCUT2D eigenvalue weighted by Crippen LogP contribution is 2.35. The van der Waals surface area contributed by atoms with E-state index < -0.39 is 0 Å². The fraction of sp³-hybridized carbons (Fsp3) is 0.314. The van der Waals surface area contributed by atoms with Crippen molar-refractivity contribution in [3.63, 3.8) is 0 Å². The number of amides is 2. The second-order valence-electron chi connectivity index (χ2n) is 11.4. The Kier molecular flexibility index (Phi) is 7.85. The number of nitrogens with one attached hydrogen (secondary N) is 1. The van der Waals surface area contributed by atoms with Crippen LogP contribution >= 0.6 is 0 Å². The van der Waals surface area contributed by atoms with E-state index >= 15 is 0 Å². The average molecular weight is 563 g/mol. The van der Waals surface area contributed by atoms with E-state index in [0.717, 1.165) is 46.6 Å². The van der Waals surface area contributed by atoms with Crippen LogP contribution in [0.2, 0.25) is 0 Å². The molecule has 1 atom stereocenters. The maximum Gasteiger partial charge on any atom is 0.267 e. The largest absolute Gasteiger partial charge is 0.496 e. The van der Waals surface area contributed by atoms with Crippen molar-refractivity contribution < 1.29 is 14.3 Å². The molecule has 7 nitrogen and oxygen atoms in total. The second-order valence-corrected chi connectivity index (χ2v) is 11.4. The quantitative estimate of drug-likeness (QED) is 0.305. The van der Waals surface area contributed by atoms with Crippen LogP contribution in [0.15, 0.2) is 78.9 Å². The molecule has 2 amide bonds. The molecule has 1 fully saturated rings. The number of aromatic nitrogens is 1. The van der Waals surface area contributed by atoms with Gasteiger partial charge < -0.3 is 24.4 Å². The summed E-state index contributed by atoms with van der Waals surface area (Å²) in [7, 11) is 3.80. The predicted molar refractivity (Wildman–Crippen MR) is 166 cm³/mol. The van der Waals surface area contributed by atoms with Gasteiger partial charge in [-0.3, -0.25) is 9.59 Å². The van der Waals surface area contributed by atoms with Gasteiger partial charge in [-0.25, -0.2) is 0 Å². The first-order chi connectivity index (χ1) is 20.4. The SMILES string of the molecule is COc1cc(C(=O)N2Cc3ccc(C(=O)NCCC4CCCN4C)n3Cc3ccccc32)ccc1-c1ccccc1C. The first-order valence-corrected chi connectivity index (χ1v) is 14.7. The Morgan fingerprint density at radius 3 is 2.55 bits per heavy atom. The van der Waals surface area contributed by atoms with Crippen LogP contribution in [0.5, 0.6) is 5.75 Å². The first-order valence-electron chi connectivity index (χ1n) is 14.7. The number of aryl methyl sites for hydroxylation is 1. The van der Waals surface area contributed by atoms with Gasteiger partial charge in [0.15, 0.2) is 0 Å². The zero-order chi connectivity index (χ0) is 29.2. The Bertz CT molecular complexity index is 1620. The molecule has 4 aromatic rings. The van der Waals surface area contributed by atoms with Gasteiger partial charge in [0.25, 0.3) is 11.8 Å². The van der Waals surface area contributed by atoms with Gasteiger partial charge in [-0.2, -0.15) is 0 Å². The number of ether oxygens (including phenoxy) is 1. The summed E-state index contributed by atoms with van der Waals surface area (Å²) in [4.78, 5) is 31.6. The topological polar surface area (TPSA) is 66.8 Å². The normalized spacial score (nSPS) is 16.5. The molecular weight excluding hydrogens is 524 g/mol. The lowest BCUT2D eigenvalue weighted by Crippen LogP contribution is -2.33. The second kappa shape index (κ2) is 11.9. The number of carbonyl (C=O) groups is 2. The van der Waals surface area contributed by atoms with Crippen LogP contribution < -0.4 is 15.0 Å². The Morgan fingerprint density at radius 1 is 0.952 bits per heavy atom. The number of likely N-dealkylation sites (tertiary alicyclic amines) is 1. The molecule has 3 heterocycles. The van der Waals surface area contributed by atoms with Crippen molar-refractivity contribution in [3.8, 4) is 16.9 Å². The van der Waals surface area contributed by atoms with Crippen molar-refractivity contribution in [2.24, 2.45) is 0 Å². The molecule has 0 spiro atoms. The van der Waals surface area contributed by atoms with E-state index in [1.807, 2.05) is 76.2 Å². The van der Waals surface area contributed by atoms with E-state index in [0.29, 0.717) is 42.7 Å². The summed E-state index contributed by atoms with van der Waals surface area (Å²) in [6, 6.07) is 26.1. The van der Waals surface area contributed by atoms with E-state index in [-0.39, 0.29) is 11.8 Å². The smallest absolute Gasteiger partial charge is 0.267 e. The molecule has 0 saturated carbocycles. The van der Waals surface area contributed by atoms with Crippen molar-refractivity contribution >= 4 is 17.5 Å². The summed E-state index contributed by atoms with van der Waals surface area (Å²) in [5, 5.41) is 3.14. The highest BCUT2D eigenvalue weighted by atomic mass is 16.5. The van der Waals surface area contributed by atoms with Crippen LogP contribution in [-0.2, 0) is 13.1 Å². The molecule has 0 radical (unpaired) electrons. The Morgan fingerprint density at radius 2 is 1.76 bits per heavy atom. The molecule has 0 aliphatic carbocycles. The number of para-hydroxylation sites is 1. The lowest BCUT2D eigenvalue weighted by atomic mass is 9.98. The van der Waals surface area contributed by atoms with Gasteiger partial charge in [0.05, 0.1) is 20.2 Å². The zero-order valence-corrected chi connectivity index (χ0v) is 24.6. The monoisotopic (exact) mass is 562 g/mol. The van der Waals surface area contributed by atoms with Crippen molar-refractivity contribution in [1.82, 2.24) is 14.8 Å². The minimum Gasteiger partial charge on any atom is -0.496 e. The fourth-order valence-electron chi connectivity index (χ4n) is 6.40. The molecule has 2 aliphatic heterocycles. The van der Waals surface area contributed by atoms with E-state index in [4.69, 9.17) is 4.74 Å². The molecular formula is C35H38N4O3. The number of anilines is 1. The summed E-state index contributed by atoms with van der Waals surface area (Å²) < 4.78 is 7.81. The lowest BCUT2D eigenvalue weighted by molar-refractivity contribution is 0.0940. The van der Waals surface area contributed by atoms with Gasteiger partial charge in [0, 0.05) is 35.1 Å². The van der Waals surface area contributed by atoms with E-state index in [1.165, 1.54) is 12.8 Å². The number of methoxy groups -OCH3 is 1. The third kappa shape index (κ3) is 5.32. The molecule has 1 N–H and O–H groups in total. The predicted octanol–water partition coefficient (Wildman–Crippen LogP) is 5.89. The number of nitrogens with zero attached hydrogens (tertiary/aromatic N) is 3. The van der Waals surface area contributed by atoms with E-state index in [1.54, 1.807) is 7.11 Å². The van der Waals surface area contributed by atoms with Gasteiger partial charge in [-0.1, -0.05) is 42.5 Å². The maximum absolute atomic E-state index is 14.1. The fourth-order valence-corrected chi connectivity index (χ4v) is 6.40. The first kappa shape index (κ1) is 27.8. The molecule has 1 aromatic heterocycles. The summed E-state index contributed by atoms with van der Waals surface area (Å²) in [5.41, 5.74) is 7.10. The van der Waals surface area contributed by atoms with Crippen LogP contribution in [0, 0.1) is 6.92 Å². The van der Waals surface area contributed by atoms with Crippen molar-refractivity contribution in [2.45, 2.75) is 45.3 Å². The van der Waals surface area contributed by atoms with Gasteiger partial charge in [-0.05, 0) is 92.9 Å². The third-order valence-electron chi connectivity index (χ3n) is 8.80. The summed E-state index contributed by atoms with van der Waals surface area (Å²) in [6.07, 6.45) is 3.36. The number of rotatable bonds is 7. The third-order valence-corrected chi connectivity index (χ3v) is 8.80. The summed E-state index contributed by atoms with van der Waals surface area (Å²) >= 11 is 0. The summed E-state index contributed by atoms with van der Waals surface area (Å²) in [6.45, 7) is 4.72. The van der Waals surface area contributed by atoms with Crippen LogP contribution in [0.1, 0.15) is 56.9 Å². The molecule has 3 aromatic carbocycles.